The third kappa shape index (κ3) is 3.71. The molecular weight excluding hydrogens is 296 g/mol. The number of aromatic amines is 1. The van der Waals surface area contributed by atoms with Crippen LogP contribution in [0.4, 0.5) is 0 Å². The van der Waals surface area contributed by atoms with Crippen molar-refractivity contribution in [2.24, 2.45) is 0 Å². The third-order valence-corrected chi connectivity index (χ3v) is 3.84. The molecule has 1 amide bonds. The zero-order valence-corrected chi connectivity index (χ0v) is 13.8. The van der Waals surface area contributed by atoms with Crippen molar-refractivity contribution in [3.8, 4) is 0 Å². The second kappa shape index (κ2) is 6.83. The van der Waals surface area contributed by atoms with Crippen molar-refractivity contribution in [2.45, 2.75) is 46.3 Å². The number of furan rings is 1. The van der Waals surface area contributed by atoms with Crippen LogP contribution < -0.4 is 5.32 Å². The van der Waals surface area contributed by atoms with E-state index in [9.17, 15) is 14.7 Å². The van der Waals surface area contributed by atoms with Crippen LogP contribution >= 0.6 is 0 Å². The number of carbonyl (C=O) groups excluding carboxylic acids is 2. The van der Waals surface area contributed by atoms with E-state index in [1.165, 1.54) is 13.2 Å². The van der Waals surface area contributed by atoms with Crippen molar-refractivity contribution in [1.29, 1.82) is 0 Å². The van der Waals surface area contributed by atoms with E-state index in [2.05, 4.69) is 10.3 Å². The molecule has 0 aliphatic carbocycles. The number of H-pyrrole nitrogens is 1. The molecule has 2 aromatic heterocycles. The Bertz CT molecular complexity index is 701. The first kappa shape index (κ1) is 17.0. The average molecular weight is 318 g/mol. The molecule has 6 heteroatoms. The molecule has 2 heterocycles. The van der Waals surface area contributed by atoms with Crippen molar-refractivity contribution < 1.29 is 19.1 Å². The molecule has 0 bridgehead atoms. The molecule has 0 unspecified atom stereocenters. The van der Waals surface area contributed by atoms with Crippen molar-refractivity contribution in [3.05, 3.63) is 46.7 Å². The zero-order valence-electron chi connectivity index (χ0n) is 13.8. The van der Waals surface area contributed by atoms with Crippen LogP contribution in [0.3, 0.4) is 0 Å². The number of ketones is 1. The molecule has 0 aliphatic heterocycles. The fourth-order valence-electron chi connectivity index (χ4n) is 2.79. The topological polar surface area (TPSA) is 95.3 Å². The number of Topliss-reactive ketones (excluding diaryl/α,β-unsaturated/α-hetero) is 1. The van der Waals surface area contributed by atoms with Gasteiger partial charge in [0.1, 0.15) is 17.6 Å². The van der Waals surface area contributed by atoms with Gasteiger partial charge in [0.15, 0.2) is 5.78 Å². The van der Waals surface area contributed by atoms with E-state index in [1.54, 1.807) is 32.9 Å². The molecule has 0 aromatic carbocycles. The molecule has 2 rings (SSSR count). The van der Waals surface area contributed by atoms with E-state index in [0.29, 0.717) is 34.7 Å². The molecule has 2 aromatic rings. The van der Waals surface area contributed by atoms with E-state index in [-0.39, 0.29) is 17.7 Å². The largest absolute Gasteiger partial charge is 0.467 e. The summed E-state index contributed by atoms with van der Waals surface area (Å²) in [7, 11) is 0. The Morgan fingerprint density at radius 3 is 2.61 bits per heavy atom. The van der Waals surface area contributed by atoms with E-state index < -0.39 is 6.10 Å². The van der Waals surface area contributed by atoms with Crippen LogP contribution in [-0.4, -0.2) is 27.8 Å². The van der Waals surface area contributed by atoms with E-state index >= 15 is 0 Å². The lowest BCUT2D eigenvalue weighted by atomic mass is 10.1. The highest BCUT2D eigenvalue weighted by molar-refractivity contribution is 6.02. The molecular formula is C17H22N2O4. The number of rotatable bonds is 6. The average Bonchev–Trinajstić information content (AvgIpc) is 3.06. The van der Waals surface area contributed by atoms with Gasteiger partial charge in [-0.05, 0) is 45.4 Å². The summed E-state index contributed by atoms with van der Waals surface area (Å²) in [5.41, 5.74) is 2.26. The molecule has 23 heavy (non-hydrogen) atoms. The first-order chi connectivity index (χ1) is 10.8. The Hall–Kier alpha value is -2.34. The maximum atomic E-state index is 12.4. The summed E-state index contributed by atoms with van der Waals surface area (Å²) in [5.74, 6) is 0.102. The normalized spacial score (nSPS) is 13.6. The lowest BCUT2D eigenvalue weighted by molar-refractivity contribution is 0.0898. The summed E-state index contributed by atoms with van der Waals surface area (Å²) in [5, 5.41) is 12.9. The highest BCUT2D eigenvalue weighted by atomic mass is 16.4. The molecule has 0 saturated carbocycles. The molecule has 0 radical (unpaired) electrons. The second-order valence-corrected chi connectivity index (χ2v) is 5.82. The quantitative estimate of drug-likeness (QED) is 0.714. The first-order valence-corrected chi connectivity index (χ1v) is 7.53. The fourth-order valence-corrected chi connectivity index (χ4v) is 2.79. The van der Waals surface area contributed by atoms with Gasteiger partial charge in [-0.3, -0.25) is 9.59 Å². The highest BCUT2D eigenvalue weighted by Crippen LogP contribution is 2.20. The standard InChI is InChI=1S/C17H22N2O4/c1-9(8-13(21)14-6-5-7-23-14)18-17(22)16-10(2)15(12(4)20)11(3)19-16/h5-7,9,13,19,21H,8H2,1-4H3,(H,18,22)/t9-,13+/m1/s1. The van der Waals surface area contributed by atoms with E-state index in [0.717, 1.165) is 0 Å². The summed E-state index contributed by atoms with van der Waals surface area (Å²) < 4.78 is 5.14. The maximum absolute atomic E-state index is 12.4. The van der Waals surface area contributed by atoms with Gasteiger partial charge in [0, 0.05) is 23.7 Å². The Labute approximate surface area is 134 Å². The van der Waals surface area contributed by atoms with Gasteiger partial charge in [-0.1, -0.05) is 0 Å². The van der Waals surface area contributed by atoms with Gasteiger partial charge in [0.05, 0.1) is 6.26 Å². The van der Waals surface area contributed by atoms with Gasteiger partial charge in [0.2, 0.25) is 0 Å². The van der Waals surface area contributed by atoms with Gasteiger partial charge in [-0.2, -0.15) is 0 Å². The van der Waals surface area contributed by atoms with Crippen LogP contribution in [0.2, 0.25) is 0 Å². The summed E-state index contributed by atoms with van der Waals surface area (Å²) >= 11 is 0. The van der Waals surface area contributed by atoms with Crippen LogP contribution in [0.1, 0.15) is 64.2 Å². The number of aliphatic hydroxyl groups is 1. The predicted molar refractivity (Wildman–Crippen MR) is 85.5 cm³/mol. The Kier molecular flexibility index (Phi) is 5.05. The molecule has 0 fully saturated rings. The minimum atomic E-state index is -0.778. The van der Waals surface area contributed by atoms with Crippen molar-refractivity contribution >= 4 is 11.7 Å². The first-order valence-electron chi connectivity index (χ1n) is 7.53. The van der Waals surface area contributed by atoms with Crippen LogP contribution in [0.15, 0.2) is 22.8 Å². The lowest BCUT2D eigenvalue weighted by Crippen LogP contribution is -2.34. The number of aromatic nitrogens is 1. The van der Waals surface area contributed by atoms with Gasteiger partial charge < -0.3 is 19.8 Å². The zero-order chi connectivity index (χ0) is 17.1. The molecule has 0 saturated heterocycles. The summed E-state index contributed by atoms with van der Waals surface area (Å²) in [6.07, 6.45) is 1.05. The summed E-state index contributed by atoms with van der Waals surface area (Å²) in [4.78, 5) is 27.0. The van der Waals surface area contributed by atoms with Crippen LogP contribution in [0, 0.1) is 13.8 Å². The van der Waals surface area contributed by atoms with Crippen molar-refractivity contribution in [3.63, 3.8) is 0 Å². The molecule has 6 nitrogen and oxygen atoms in total. The van der Waals surface area contributed by atoms with Gasteiger partial charge in [-0.15, -0.1) is 0 Å². The van der Waals surface area contributed by atoms with Gasteiger partial charge in [0.25, 0.3) is 5.91 Å². The molecule has 0 spiro atoms. The number of aryl methyl sites for hydroxylation is 1. The van der Waals surface area contributed by atoms with Gasteiger partial charge in [-0.25, -0.2) is 0 Å². The number of hydrogen-bond donors (Lipinski definition) is 3. The van der Waals surface area contributed by atoms with Crippen LogP contribution in [0.5, 0.6) is 0 Å². The Morgan fingerprint density at radius 2 is 2.09 bits per heavy atom. The smallest absolute Gasteiger partial charge is 0.268 e. The number of aliphatic hydroxyl groups excluding tert-OH is 1. The lowest BCUT2D eigenvalue weighted by Gasteiger charge is -2.16. The van der Waals surface area contributed by atoms with Crippen molar-refractivity contribution in [1.82, 2.24) is 10.3 Å². The van der Waals surface area contributed by atoms with Crippen LogP contribution in [0.25, 0.3) is 0 Å². The van der Waals surface area contributed by atoms with E-state index in [4.69, 9.17) is 4.42 Å². The number of nitrogens with one attached hydrogen (secondary N) is 2. The third-order valence-electron chi connectivity index (χ3n) is 3.84. The summed E-state index contributed by atoms with van der Waals surface area (Å²) in [6.45, 7) is 6.80. The predicted octanol–water partition coefficient (Wildman–Crippen LogP) is 2.67. The monoisotopic (exact) mass is 318 g/mol. The Morgan fingerprint density at radius 1 is 1.39 bits per heavy atom. The molecule has 0 aliphatic rings. The van der Waals surface area contributed by atoms with Gasteiger partial charge >= 0.3 is 0 Å². The van der Waals surface area contributed by atoms with E-state index in [1.807, 2.05) is 0 Å². The molecule has 124 valence electrons. The summed E-state index contributed by atoms with van der Waals surface area (Å²) in [6, 6.07) is 3.14. The Balaban J connectivity index is 2.04. The second-order valence-electron chi connectivity index (χ2n) is 5.82. The van der Waals surface area contributed by atoms with Crippen LogP contribution in [-0.2, 0) is 0 Å². The highest BCUT2D eigenvalue weighted by Gasteiger charge is 2.22. The molecule has 3 N–H and O–H groups in total. The maximum Gasteiger partial charge on any atom is 0.268 e. The fraction of sp³-hybridized carbons (Fsp3) is 0.412. The minimum absolute atomic E-state index is 0.0726. The molecule has 2 atom stereocenters. The number of hydrogen-bond acceptors (Lipinski definition) is 4. The number of amides is 1. The minimum Gasteiger partial charge on any atom is -0.467 e. The number of carbonyl (C=O) groups is 2. The SMILES string of the molecule is CC(=O)c1c(C)[nH]c(C(=O)N[C@H](C)C[C@H](O)c2ccco2)c1C. The van der Waals surface area contributed by atoms with Crippen molar-refractivity contribution in [2.75, 3.05) is 0 Å².